The van der Waals surface area contributed by atoms with Gasteiger partial charge in [0, 0.05) is 0 Å². The minimum absolute atomic E-state index is 0.686. The van der Waals surface area contributed by atoms with Crippen LogP contribution in [0.1, 0.15) is 13.8 Å². The molecular formula is C4H8Cl2O3S2. The lowest BCUT2D eigenvalue weighted by atomic mass is 11.0. The molecule has 3 nitrogen and oxygen atoms in total. The topological polar surface area (TPSA) is 43.4 Å². The Morgan fingerprint density at radius 1 is 1.09 bits per heavy atom. The number of halogens is 2. The third-order valence-electron chi connectivity index (χ3n) is 0.665. The summed E-state index contributed by atoms with van der Waals surface area (Å²) in [5.41, 5.74) is 0. The van der Waals surface area contributed by atoms with Crippen LogP contribution in [0.15, 0.2) is 0 Å². The van der Waals surface area contributed by atoms with E-state index in [1.54, 1.807) is 0 Å². The second-order valence-electron chi connectivity index (χ2n) is 1.68. The second kappa shape index (κ2) is 5.48. The number of hydrogen-bond acceptors (Lipinski definition) is 3. The Hall–Kier alpha value is 0.840. The zero-order chi connectivity index (χ0) is 9.02. The predicted molar refractivity (Wildman–Crippen MR) is 48.0 cm³/mol. The first-order chi connectivity index (χ1) is 4.95. The fourth-order valence-corrected chi connectivity index (χ4v) is 2.10. The van der Waals surface area contributed by atoms with Gasteiger partial charge in [0.15, 0.2) is 22.2 Å². The molecule has 2 unspecified atom stereocenters. The van der Waals surface area contributed by atoms with Crippen molar-refractivity contribution in [3.8, 4) is 0 Å². The summed E-state index contributed by atoms with van der Waals surface area (Å²) in [6.07, 6.45) is 0. The highest BCUT2D eigenvalue weighted by atomic mass is 35.5. The summed E-state index contributed by atoms with van der Waals surface area (Å²) in [6, 6.07) is 0. The van der Waals surface area contributed by atoms with Crippen LogP contribution in [0.4, 0.5) is 0 Å². The average Bonchev–Trinajstić information content (AvgIpc) is 1.87. The molecule has 0 aromatic carbocycles. The molecule has 0 radical (unpaired) electrons. The second-order valence-corrected chi connectivity index (χ2v) is 6.50. The van der Waals surface area contributed by atoms with Gasteiger partial charge >= 0.3 is 0 Å². The van der Waals surface area contributed by atoms with Gasteiger partial charge in [-0.2, -0.15) is 3.63 Å². The molecule has 0 aromatic rings. The smallest absolute Gasteiger partial charge is 0.187 e. The molecule has 0 N–H and O–H groups in total. The molecule has 7 heteroatoms. The van der Waals surface area contributed by atoms with Crippen LogP contribution in [0.25, 0.3) is 0 Å². The van der Waals surface area contributed by atoms with E-state index in [0.29, 0.717) is 0 Å². The van der Waals surface area contributed by atoms with Crippen LogP contribution in [-0.2, 0) is 25.8 Å². The molecule has 0 bridgehead atoms. The summed E-state index contributed by atoms with van der Waals surface area (Å²) < 4.78 is 24.6. The molecular weight excluding hydrogens is 231 g/mol. The Kier molecular flexibility index (Phi) is 5.90. The molecule has 68 valence electrons. The first kappa shape index (κ1) is 11.8. The van der Waals surface area contributed by atoms with Crippen molar-refractivity contribution < 1.29 is 12.0 Å². The molecule has 0 aliphatic carbocycles. The fraction of sp³-hybridized carbons (Fsp3) is 1.00. The molecule has 0 saturated heterocycles. The molecule has 2 atom stereocenters. The van der Waals surface area contributed by atoms with Gasteiger partial charge in [-0.05, 0) is 13.8 Å². The maximum Gasteiger partial charge on any atom is 0.187 e. The Morgan fingerprint density at radius 2 is 1.36 bits per heavy atom. The predicted octanol–water partition coefficient (Wildman–Crippen LogP) is 1.50. The van der Waals surface area contributed by atoms with Gasteiger partial charge in [0.1, 0.15) is 9.42 Å². The van der Waals surface area contributed by atoms with Crippen molar-refractivity contribution in [1.29, 1.82) is 0 Å². The van der Waals surface area contributed by atoms with Gasteiger partial charge in [0.2, 0.25) is 0 Å². The summed E-state index contributed by atoms with van der Waals surface area (Å²) in [4.78, 5) is 0. The largest absolute Gasteiger partial charge is 0.227 e. The zero-order valence-corrected chi connectivity index (χ0v) is 9.10. The van der Waals surface area contributed by atoms with Crippen LogP contribution in [0.5, 0.6) is 0 Å². The van der Waals surface area contributed by atoms with E-state index in [1.807, 2.05) is 0 Å². The minimum atomic E-state index is -1.74. The van der Waals surface area contributed by atoms with Crippen molar-refractivity contribution in [2.45, 2.75) is 23.3 Å². The van der Waals surface area contributed by atoms with Crippen LogP contribution in [0, 0.1) is 0 Å². The first-order valence-electron chi connectivity index (χ1n) is 2.73. The number of alkyl halides is 2. The molecule has 0 heterocycles. The summed E-state index contributed by atoms with van der Waals surface area (Å²) in [5, 5.41) is 0. The molecule has 0 aliphatic heterocycles. The highest BCUT2D eigenvalue weighted by Gasteiger charge is 2.16. The summed E-state index contributed by atoms with van der Waals surface area (Å²) >= 11 is 7.27. The molecule has 11 heavy (non-hydrogen) atoms. The van der Waals surface area contributed by atoms with Crippen LogP contribution in [0.2, 0.25) is 0 Å². The Labute approximate surface area is 80.7 Å². The van der Waals surface area contributed by atoms with Crippen LogP contribution < -0.4 is 0 Å². The van der Waals surface area contributed by atoms with Crippen LogP contribution in [-0.4, -0.2) is 17.8 Å². The van der Waals surface area contributed by atoms with Crippen molar-refractivity contribution in [3.05, 3.63) is 0 Å². The van der Waals surface area contributed by atoms with Crippen molar-refractivity contribution in [2.24, 2.45) is 0 Å². The van der Waals surface area contributed by atoms with Gasteiger partial charge in [-0.15, -0.1) is 23.2 Å². The van der Waals surface area contributed by atoms with E-state index in [9.17, 15) is 8.42 Å². The van der Waals surface area contributed by atoms with Gasteiger partial charge in [-0.25, -0.2) is 8.42 Å². The highest BCUT2D eigenvalue weighted by Crippen LogP contribution is 2.09. The lowest BCUT2D eigenvalue weighted by molar-refractivity contribution is 0.563. The first-order valence-corrected chi connectivity index (χ1v) is 5.88. The van der Waals surface area contributed by atoms with E-state index in [1.165, 1.54) is 13.8 Å². The molecule has 0 saturated carbocycles. The van der Waals surface area contributed by atoms with E-state index < -0.39 is 31.6 Å². The average molecular weight is 239 g/mol. The lowest BCUT2D eigenvalue weighted by Gasteiger charge is -2.04. The van der Waals surface area contributed by atoms with E-state index in [2.05, 4.69) is 3.63 Å². The fourth-order valence-electron chi connectivity index (χ4n) is 0.174. The Balaban J connectivity index is 3.86. The van der Waals surface area contributed by atoms with E-state index in [4.69, 9.17) is 23.2 Å². The highest BCUT2D eigenvalue weighted by molar-refractivity contribution is 7.95. The Bertz CT molecular complexity index is 153. The third kappa shape index (κ3) is 5.14. The van der Waals surface area contributed by atoms with Crippen molar-refractivity contribution >= 4 is 45.4 Å². The monoisotopic (exact) mass is 238 g/mol. The van der Waals surface area contributed by atoms with E-state index >= 15 is 0 Å². The molecule has 0 spiro atoms. The zero-order valence-electron chi connectivity index (χ0n) is 5.95. The normalized spacial score (nSPS) is 22.2. The van der Waals surface area contributed by atoms with Gasteiger partial charge in [-0.1, -0.05) is 0 Å². The van der Waals surface area contributed by atoms with Crippen LogP contribution in [0.3, 0.4) is 0 Å². The maximum absolute atomic E-state index is 10.8. The molecule has 0 rings (SSSR count). The van der Waals surface area contributed by atoms with E-state index in [-0.39, 0.29) is 0 Å². The quantitative estimate of drug-likeness (QED) is 0.698. The molecule has 0 aliphatic rings. The van der Waals surface area contributed by atoms with Gasteiger partial charge < -0.3 is 0 Å². The molecule has 0 aromatic heterocycles. The molecule has 0 fully saturated rings. The Morgan fingerprint density at radius 3 is 1.55 bits per heavy atom. The minimum Gasteiger partial charge on any atom is -0.227 e. The standard InChI is InChI=1S/C4H8Cl2O3S2/c1-3(5)10(7)9-11(8)4(2)6/h3-4H,1-2H3. The van der Waals surface area contributed by atoms with Gasteiger partial charge in [0.05, 0.1) is 0 Å². The number of hydrogen-bond donors (Lipinski definition) is 0. The summed E-state index contributed by atoms with van der Waals surface area (Å²) in [5.74, 6) is 0. The van der Waals surface area contributed by atoms with Crippen LogP contribution >= 0.6 is 23.2 Å². The SMILES string of the molecule is CC(Cl)S(=O)OS(=O)C(C)Cl. The van der Waals surface area contributed by atoms with Crippen molar-refractivity contribution in [1.82, 2.24) is 0 Å². The summed E-state index contributed by atoms with van der Waals surface area (Å²) in [7, 11) is 0. The van der Waals surface area contributed by atoms with Crippen molar-refractivity contribution in [2.75, 3.05) is 0 Å². The van der Waals surface area contributed by atoms with Gasteiger partial charge in [-0.3, -0.25) is 0 Å². The third-order valence-corrected chi connectivity index (χ3v) is 3.67. The maximum atomic E-state index is 10.8. The molecule has 0 amide bonds. The van der Waals surface area contributed by atoms with Gasteiger partial charge in [0.25, 0.3) is 0 Å². The lowest BCUT2D eigenvalue weighted by Crippen LogP contribution is -2.13. The number of rotatable bonds is 4. The van der Waals surface area contributed by atoms with Crippen molar-refractivity contribution in [3.63, 3.8) is 0 Å². The summed E-state index contributed by atoms with van der Waals surface area (Å²) in [6.45, 7) is 2.96. The van der Waals surface area contributed by atoms with E-state index in [0.717, 1.165) is 0 Å².